The third-order valence-electron chi connectivity index (χ3n) is 4.90. The van der Waals surface area contributed by atoms with Crippen LogP contribution in [-0.2, 0) is 16.1 Å². The second-order valence-electron chi connectivity index (χ2n) is 7.16. The zero-order valence-corrected chi connectivity index (χ0v) is 23.0. The molecule has 2 aromatic rings. The summed E-state index contributed by atoms with van der Waals surface area (Å²) < 4.78 is 14.3. The van der Waals surface area contributed by atoms with Gasteiger partial charge in [0, 0.05) is 11.6 Å². The van der Waals surface area contributed by atoms with Crippen molar-refractivity contribution in [1.29, 1.82) is 0 Å². The molecule has 0 radical (unpaired) electrons. The van der Waals surface area contributed by atoms with Gasteiger partial charge >= 0.3 is 0 Å². The molecule has 4 nitrogen and oxygen atoms in total. The first kappa shape index (κ1) is 23.7. The molecule has 2 fully saturated rings. The second kappa shape index (κ2) is 10.7. The van der Waals surface area contributed by atoms with E-state index in [1.165, 1.54) is 11.8 Å². The largest absolute Gasteiger partial charge is 0.487 e. The third kappa shape index (κ3) is 5.94. The van der Waals surface area contributed by atoms with Crippen molar-refractivity contribution >= 4 is 97.1 Å². The molecule has 0 bridgehead atoms. The monoisotopic (exact) mass is 697 g/mol. The second-order valence-corrected chi connectivity index (χ2v) is 11.6. The predicted octanol–water partition coefficient (Wildman–Crippen LogP) is 6.51. The van der Waals surface area contributed by atoms with Crippen molar-refractivity contribution in [2.75, 3.05) is 13.2 Å². The van der Waals surface area contributed by atoms with Crippen LogP contribution in [0.15, 0.2) is 41.3 Å². The SMILES string of the molecule is O=C1/C(=C/c2cc(I)c(OCc3ccc(Cl)cc3)c(I)c2)SC(=S)N1C[C@H]1CCCO1. The Bertz CT molecular complexity index is 1020. The van der Waals surface area contributed by atoms with Gasteiger partial charge in [0.1, 0.15) is 16.7 Å². The molecule has 2 aliphatic heterocycles. The highest BCUT2D eigenvalue weighted by Crippen LogP contribution is 2.36. The van der Waals surface area contributed by atoms with Crippen molar-refractivity contribution < 1.29 is 14.3 Å². The van der Waals surface area contributed by atoms with Gasteiger partial charge in [-0.2, -0.15) is 0 Å². The third-order valence-corrected chi connectivity index (χ3v) is 8.13. The number of hydrogen-bond donors (Lipinski definition) is 0. The molecule has 31 heavy (non-hydrogen) atoms. The molecule has 162 valence electrons. The molecular weight excluding hydrogens is 680 g/mol. The van der Waals surface area contributed by atoms with Gasteiger partial charge in [-0.05, 0) is 99.5 Å². The van der Waals surface area contributed by atoms with E-state index in [1.54, 1.807) is 4.90 Å². The first-order valence-corrected chi connectivity index (χ1v) is 13.4. The number of hydrogen-bond acceptors (Lipinski definition) is 5. The van der Waals surface area contributed by atoms with Gasteiger partial charge in [0.2, 0.25) is 0 Å². The molecule has 0 unspecified atom stereocenters. The molecule has 1 amide bonds. The van der Waals surface area contributed by atoms with Crippen molar-refractivity contribution in [3.05, 3.63) is 64.6 Å². The van der Waals surface area contributed by atoms with Crippen molar-refractivity contribution in [2.45, 2.75) is 25.6 Å². The average molecular weight is 698 g/mol. The van der Waals surface area contributed by atoms with Crippen LogP contribution in [0.1, 0.15) is 24.0 Å². The van der Waals surface area contributed by atoms with Crippen LogP contribution in [0, 0.1) is 7.14 Å². The summed E-state index contributed by atoms with van der Waals surface area (Å²) in [5.74, 6) is 0.790. The van der Waals surface area contributed by atoms with E-state index in [-0.39, 0.29) is 12.0 Å². The number of benzene rings is 2. The zero-order valence-electron chi connectivity index (χ0n) is 16.3. The summed E-state index contributed by atoms with van der Waals surface area (Å²) in [4.78, 5) is 15.2. The van der Waals surface area contributed by atoms with Crippen molar-refractivity contribution in [2.24, 2.45) is 0 Å². The molecule has 2 aromatic carbocycles. The highest BCUT2D eigenvalue weighted by Gasteiger charge is 2.34. The van der Waals surface area contributed by atoms with Crippen molar-refractivity contribution in [1.82, 2.24) is 4.90 Å². The maximum absolute atomic E-state index is 12.9. The van der Waals surface area contributed by atoms with Crippen LogP contribution >= 0.6 is 80.8 Å². The van der Waals surface area contributed by atoms with Gasteiger partial charge in [-0.25, -0.2) is 0 Å². The predicted molar refractivity (Wildman–Crippen MR) is 147 cm³/mol. The molecule has 1 atom stereocenters. The van der Waals surface area contributed by atoms with Crippen LogP contribution in [0.3, 0.4) is 0 Å². The zero-order chi connectivity index (χ0) is 22.0. The smallest absolute Gasteiger partial charge is 0.266 e. The molecule has 9 heteroatoms. The van der Waals surface area contributed by atoms with Gasteiger partial charge in [0.05, 0.1) is 24.7 Å². The average Bonchev–Trinajstić information content (AvgIpc) is 3.33. The maximum Gasteiger partial charge on any atom is 0.266 e. The van der Waals surface area contributed by atoms with Gasteiger partial charge in [0.15, 0.2) is 0 Å². The van der Waals surface area contributed by atoms with Crippen LogP contribution in [0.5, 0.6) is 5.75 Å². The van der Waals surface area contributed by atoms with E-state index in [0.717, 1.165) is 43.5 Å². The maximum atomic E-state index is 12.9. The minimum atomic E-state index is -0.0430. The van der Waals surface area contributed by atoms with E-state index in [0.29, 0.717) is 27.4 Å². The van der Waals surface area contributed by atoms with E-state index in [1.807, 2.05) is 42.5 Å². The van der Waals surface area contributed by atoms with E-state index < -0.39 is 0 Å². The Hall–Kier alpha value is -0.400. The normalized spacial score (nSPS) is 20.2. The quantitative estimate of drug-likeness (QED) is 0.196. The topological polar surface area (TPSA) is 38.8 Å². The summed E-state index contributed by atoms with van der Waals surface area (Å²) >= 11 is 17.3. The summed E-state index contributed by atoms with van der Waals surface area (Å²) in [5.41, 5.74) is 2.00. The molecule has 0 saturated carbocycles. The highest BCUT2D eigenvalue weighted by atomic mass is 127. The lowest BCUT2D eigenvalue weighted by Crippen LogP contribution is -2.35. The van der Waals surface area contributed by atoms with Gasteiger partial charge in [-0.15, -0.1) is 0 Å². The molecule has 0 spiro atoms. The van der Waals surface area contributed by atoms with Crippen LogP contribution < -0.4 is 4.74 Å². The van der Waals surface area contributed by atoms with Gasteiger partial charge in [-0.3, -0.25) is 9.69 Å². The summed E-state index contributed by atoms with van der Waals surface area (Å²) in [6.45, 7) is 1.76. The molecule has 0 aromatic heterocycles. The first-order valence-electron chi connectivity index (χ1n) is 9.64. The summed E-state index contributed by atoms with van der Waals surface area (Å²) in [7, 11) is 0. The Labute approximate surface area is 223 Å². The number of amides is 1. The van der Waals surface area contributed by atoms with Crippen LogP contribution in [0.2, 0.25) is 5.02 Å². The number of thiocarbonyl (C=S) groups is 1. The van der Waals surface area contributed by atoms with Crippen LogP contribution in [0.25, 0.3) is 6.08 Å². The van der Waals surface area contributed by atoms with E-state index >= 15 is 0 Å². The number of carbonyl (C=O) groups excluding carboxylic acids is 1. The number of halogens is 3. The van der Waals surface area contributed by atoms with E-state index in [2.05, 4.69) is 45.2 Å². The molecular formula is C22H18ClI2NO3S2. The van der Waals surface area contributed by atoms with Crippen LogP contribution in [0.4, 0.5) is 0 Å². The number of carbonyl (C=O) groups is 1. The Kier molecular flexibility index (Phi) is 8.19. The van der Waals surface area contributed by atoms with E-state index in [4.69, 9.17) is 33.3 Å². The van der Waals surface area contributed by atoms with Gasteiger partial charge in [0.25, 0.3) is 5.91 Å². The molecule has 4 rings (SSSR count). The lowest BCUT2D eigenvalue weighted by Gasteiger charge is -2.18. The number of ether oxygens (including phenoxy) is 2. The molecule has 2 saturated heterocycles. The number of nitrogens with zero attached hydrogens (tertiary/aromatic N) is 1. The lowest BCUT2D eigenvalue weighted by molar-refractivity contribution is -0.123. The fourth-order valence-electron chi connectivity index (χ4n) is 3.34. The van der Waals surface area contributed by atoms with Crippen molar-refractivity contribution in [3.63, 3.8) is 0 Å². The number of rotatable bonds is 6. The Balaban J connectivity index is 1.47. The molecule has 0 N–H and O–H groups in total. The summed E-state index contributed by atoms with van der Waals surface area (Å²) in [5, 5.41) is 0.707. The molecule has 2 heterocycles. The fraction of sp³-hybridized carbons (Fsp3) is 0.273. The van der Waals surface area contributed by atoms with Gasteiger partial charge in [-0.1, -0.05) is 47.7 Å². The fourth-order valence-corrected chi connectivity index (χ4v) is 6.87. The Morgan fingerprint density at radius 1 is 1.26 bits per heavy atom. The standard InChI is InChI=1S/C22H18ClI2NO3S2/c23-15-5-3-13(4-6-15)12-29-20-17(24)8-14(9-18(20)25)10-19-21(27)26(22(30)31-19)11-16-2-1-7-28-16/h3-6,8-10,16H,1-2,7,11-12H2/b19-10-/t16-/m1/s1. The van der Waals surface area contributed by atoms with Crippen LogP contribution in [-0.4, -0.2) is 34.4 Å². The first-order chi connectivity index (χ1) is 14.9. The summed E-state index contributed by atoms with van der Waals surface area (Å²) in [6, 6.07) is 11.7. The summed E-state index contributed by atoms with van der Waals surface area (Å²) in [6.07, 6.45) is 4.01. The number of thioether (sulfide) groups is 1. The Morgan fingerprint density at radius 3 is 2.61 bits per heavy atom. The van der Waals surface area contributed by atoms with Gasteiger partial charge < -0.3 is 9.47 Å². The highest BCUT2D eigenvalue weighted by molar-refractivity contribution is 14.1. The van der Waals surface area contributed by atoms with E-state index in [9.17, 15) is 4.79 Å². The van der Waals surface area contributed by atoms with Crippen molar-refractivity contribution in [3.8, 4) is 5.75 Å². The molecule has 2 aliphatic rings. The lowest BCUT2D eigenvalue weighted by atomic mass is 10.2. The minimum absolute atomic E-state index is 0.0430. The molecule has 0 aliphatic carbocycles. The Morgan fingerprint density at radius 2 is 1.97 bits per heavy atom. The minimum Gasteiger partial charge on any atom is -0.487 e.